The van der Waals surface area contributed by atoms with Crippen molar-refractivity contribution in [3.63, 3.8) is 0 Å². The molecular weight excluding hydrogens is 274 g/mol. The van der Waals surface area contributed by atoms with E-state index in [4.69, 9.17) is 16.7 Å². The third kappa shape index (κ3) is 4.37. The van der Waals surface area contributed by atoms with E-state index in [0.29, 0.717) is 17.9 Å². The second-order valence-electron chi connectivity index (χ2n) is 4.52. The molecular formula is C16H16ClNO2. The van der Waals surface area contributed by atoms with E-state index in [-0.39, 0.29) is 12.5 Å². The molecule has 0 aliphatic rings. The topological polar surface area (TPSA) is 49.3 Å². The quantitative estimate of drug-likeness (QED) is 0.889. The van der Waals surface area contributed by atoms with Crippen LogP contribution in [-0.4, -0.2) is 17.6 Å². The van der Waals surface area contributed by atoms with E-state index in [9.17, 15) is 4.79 Å². The Labute approximate surface area is 123 Å². The molecule has 2 rings (SSSR count). The molecule has 0 spiro atoms. The summed E-state index contributed by atoms with van der Waals surface area (Å²) in [4.78, 5) is 11.9. The van der Waals surface area contributed by atoms with E-state index in [1.54, 1.807) is 12.1 Å². The van der Waals surface area contributed by atoms with Crippen molar-refractivity contribution in [3.05, 3.63) is 64.7 Å². The molecule has 0 heterocycles. The van der Waals surface area contributed by atoms with Crippen LogP contribution in [0.2, 0.25) is 5.02 Å². The van der Waals surface area contributed by atoms with E-state index >= 15 is 0 Å². The van der Waals surface area contributed by atoms with Gasteiger partial charge in [0, 0.05) is 17.3 Å². The van der Waals surface area contributed by atoms with Crippen LogP contribution in [0.1, 0.15) is 11.1 Å². The average Bonchev–Trinajstić information content (AvgIpc) is 2.44. The van der Waals surface area contributed by atoms with Crippen molar-refractivity contribution in [3.8, 4) is 0 Å². The number of nitrogens with one attached hydrogen (secondary N) is 1. The maximum absolute atomic E-state index is 11.9. The van der Waals surface area contributed by atoms with E-state index < -0.39 is 0 Å². The molecule has 0 bridgehead atoms. The fraction of sp³-hybridized carbons (Fsp3) is 0.188. The van der Waals surface area contributed by atoms with Gasteiger partial charge >= 0.3 is 0 Å². The Bertz CT molecular complexity index is 564. The van der Waals surface area contributed by atoms with Crippen LogP contribution < -0.4 is 5.32 Å². The van der Waals surface area contributed by atoms with Gasteiger partial charge in [-0.1, -0.05) is 35.9 Å². The highest BCUT2D eigenvalue weighted by Crippen LogP contribution is 2.12. The molecule has 0 unspecified atom stereocenters. The SMILES string of the molecule is O=C(Cc1ccc(Cl)cc1)Nc1ccc(CCO)cc1. The fourth-order valence-electron chi connectivity index (χ4n) is 1.88. The van der Waals surface area contributed by atoms with Gasteiger partial charge in [-0.25, -0.2) is 0 Å². The lowest BCUT2D eigenvalue weighted by atomic mass is 10.1. The van der Waals surface area contributed by atoms with Gasteiger partial charge in [-0.2, -0.15) is 0 Å². The van der Waals surface area contributed by atoms with E-state index in [1.165, 1.54) is 0 Å². The van der Waals surface area contributed by atoms with Crippen molar-refractivity contribution in [2.24, 2.45) is 0 Å². The number of aliphatic hydroxyl groups excluding tert-OH is 1. The number of anilines is 1. The minimum atomic E-state index is -0.0674. The lowest BCUT2D eigenvalue weighted by Gasteiger charge is -2.06. The summed E-state index contributed by atoms with van der Waals surface area (Å²) in [7, 11) is 0. The zero-order valence-electron chi connectivity index (χ0n) is 11.0. The van der Waals surface area contributed by atoms with Crippen LogP contribution in [0.25, 0.3) is 0 Å². The smallest absolute Gasteiger partial charge is 0.228 e. The van der Waals surface area contributed by atoms with Crippen molar-refractivity contribution in [1.29, 1.82) is 0 Å². The molecule has 2 N–H and O–H groups in total. The van der Waals surface area contributed by atoms with Crippen LogP contribution >= 0.6 is 11.6 Å². The maximum atomic E-state index is 11.9. The second-order valence-corrected chi connectivity index (χ2v) is 4.96. The molecule has 0 atom stereocenters. The van der Waals surface area contributed by atoms with Gasteiger partial charge in [0.15, 0.2) is 0 Å². The van der Waals surface area contributed by atoms with Gasteiger partial charge in [-0.15, -0.1) is 0 Å². The monoisotopic (exact) mass is 289 g/mol. The third-order valence-corrected chi connectivity index (χ3v) is 3.17. The van der Waals surface area contributed by atoms with Crippen LogP contribution in [-0.2, 0) is 17.6 Å². The Kier molecular flexibility index (Phi) is 5.16. The van der Waals surface area contributed by atoms with Gasteiger partial charge in [-0.3, -0.25) is 4.79 Å². The highest BCUT2D eigenvalue weighted by molar-refractivity contribution is 6.30. The summed E-state index contributed by atoms with van der Waals surface area (Å²) >= 11 is 5.80. The summed E-state index contributed by atoms with van der Waals surface area (Å²) in [5.41, 5.74) is 2.72. The molecule has 4 heteroatoms. The van der Waals surface area contributed by atoms with Gasteiger partial charge in [0.2, 0.25) is 5.91 Å². The molecule has 1 amide bonds. The molecule has 2 aromatic rings. The minimum absolute atomic E-state index is 0.0674. The number of amides is 1. The molecule has 0 aromatic heterocycles. The average molecular weight is 290 g/mol. The molecule has 0 saturated carbocycles. The largest absolute Gasteiger partial charge is 0.396 e. The first kappa shape index (κ1) is 14.6. The molecule has 0 aliphatic carbocycles. The van der Waals surface area contributed by atoms with E-state index in [2.05, 4.69) is 5.32 Å². The Morgan fingerprint density at radius 3 is 2.20 bits per heavy atom. The standard InChI is InChI=1S/C16H16ClNO2/c17-14-5-1-13(2-6-14)11-16(20)18-15-7-3-12(4-8-15)9-10-19/h1-8,19H,9-11H2,(H,18,20). The maximum Gasteiger partial charge on any atom is 0.228 e. The second kappa shape index (κ2) is 7.08. The van der Waals surface area contributed by atoms with Crippen LogP contribution in [0, 0.1) is 0 Å². The Hall–Kier alpha value is -1.84. The van der Waals surface area contributed by atoms with Crippen molar-refractivity contribution in [2.45, 2.75) is 12.8 Å². The molecule has 0 fully saturated rings. The lowest BCUT2D eigenvalue weighted by Crippen LogP contribution is -2.14. The lowest BCUT2D eigenvalue weighted by molar-refractivity contribution is -0.115. The third-order valence-electron chi connectivity index (χ3n) is 2.92. The Morgan fingerprint density at radius 1 is 1.00 bits per heavy atom. The number of carbonyl (C=O) groups excluding carboxylic acids is 1. The number of rotatable bonds is 5. The van der Waals surface area contributed by atoms with Gasteiger partial charge in [0.1, 0.15) is 0 Å². The molecule has 0 saturated heterocycles. The van der Waals surface area contributed by atoms with Gasteiger partial charge in [0.25, 0.3) is 0 Å². The highest BCUT2D eigenvalue weighted by Gasteiger charge is 2.04. The zero-order valence-corrected chi connectivity index (χ0v) is 11.7. The predicted molar refractivity (Wildman–Crippen MR) is 81.0 cm³/mol. The van der Waals surface area contributed by atoms with Gasteiger partial charge in [-0.05, 0) is 41.8 Å². The molecule has 0 radical (unpaired) electrons. The summed E-state index contributed by atoms with van der Waals surface area (Å²) in [5, 5.41) is 12.3. The molecule has 0 aliphatic heterocycles. The molecule has 104 valence electrons. The minimum Gasteiger partial charge on any atom is -0.396 e. The first-order valence-corrected chi connectivity index (χ1v) is 6.79. The van der Waals surface area contributed by atoms with Gasteiger partial charge < -0.3 is 10.4 Å². The molecule has 20 heavy (non-hydrogen) atoms. The normalized spacial score (nSPS) is 10.3. The summed E-state index contributed by atoms with van der Waals surface area (Å²) in [6.07, 6.45) is 0.939. The van der Waals surface area contributed by atoms with Crippen LogP contribution in [0.3, 0.4) is 0 Å². The first-order valence-electron chi connectivity index (χ1n) is 6.41. The Balaban J connectivity index is 1.92. The van der Waals surface area contributed by atoms with Crippen LogP contribution in [0.5, 0.6) is 0 Å². The number of hydrogen-bond donors (Lipinski definition) is 2. The fourth-order valence-corrected chi connectivity index (χ4v) is 2.00. The van der Waals surface area contributed by atoms with Gasteiger partial charge in [0.05, 0.1) is 6.42 Å². The molecule has 2 aromatic carbocycles. The summed E-state index contributed by atoms with van der Waals surface area (Å²) in [6, 6.07) is 14.7. The number of carbonyl (C=O) groups is 1. The predicted octanol–water partition coefficient (Wildman–Crippen LogP) is 3.06. The zero-order chi connectivity index (χ0) is 14.4. The Morgan fingerprint density at radius 2 is 1.60 bits per heavy atom. The van der Waals surface area contributed by atoms with Crippen molar-refractivity contribution < 1.29 is 9.90 Å². The van der Waals surface area contributed by atoms with Crippen molar-refractivity contribution in [2.75, 3.05) is 11.9 Å². The summed E-state index contributed by atoms with van der Waals surface area (Å²) in [6.45, 7) is 0.127. The summed E-state index contributed by atoms with van der Waals surface area (Å²) in [5.74, 6) is -0.0674. The highest BCUT2D eigenvalue weighted by atomic mass is 35.5. The number of hydrogen-bond acceptors (Lipinski definition) is 2. The first-order chi connectivity index (χ1) is 9.67. The summed E-state index contributed by atoms with van der Waals surface area (Å²) < 4.78 is 0. The van der Waals surface area contributed by atoms with Crippen molar-refractivity contribution >= 4 is 23.2 Å². The number of aliphatic hydroxyl groups is 1. The van der Waals surface area contributed by atoms with E-state index in [1.807, 2.05) is 36.4 Å². The van der Waals surface area contributed by atoms with Crippen LogP contribution in [0.15, 0.2) is 48.5 Å². The number of benzene rings is 2. The van der Waals surface area contributed by atoms with Crippen LogP contribution in [0.4, 0.5) is 5.69 Å². The number of halogens is 1. The van der Waals surface area contributed by atoms with Crippen molar-refractivity contribution in [1.82, 2.24) is 0 Å². The molecule has 3 nitrogen and oxygen atoms in total. The van der Waals surface area contributed by atoms with E-state index in [0.717, 1.165) is 16.8 Å².